The highest BCUT2D eigenvalue weighted by Crippen LogP contribution is 2.63. The molecule has 2 aromatic heterocycles. The van der Waals surface area contributed by atoms with E-state index in [0.29, 0.717) is 17.5 Å². The largest absolute Gasteiger partial charge is 0.208 e. The van der Waals surface area contributed by atoms with Crippen molar-refractivity contribution in [1.82, 2.24) is 15.0 Å². The van der Waals surface area contributed by atoms with Gasteiger partial charge >= 0.3 is 0 Å². The van der Waals surface area contributed by atoms with Crippen molar-refractivity contribution in [3.8, 4) is 45.3 Å². The number of hydrogen-bond acceptors (Lipinski definition) is 5. The van der Waals surface area contributed by atoms with Gasteiger partial charge in [-0.2, -0.15) is 0 Å². The lowest BCUT2D eigenvalue weighted by Crippen LogP contribution is -2.31. The average Bonchev–Trinajstić information content (AvgIpc) is 3.71. The first-order valence-electron chi connectivity index (χ1n) is 15.7. The normalized spacial score (nSPS) is 13.6. The Hall–Kier alpha value is -5.36. The zero-order valence-corrected chi connectivity index (χ0v) is 26.7. The molecule has 1 spiro atoms. The van der Waals surface area contributed by atoms with Gasteiger partial charge < -0.3 is 0 Å². The summed E-state index contributed by atoms with van der Waals surface area (Å²) in [5.74, 6) is 2.04. The zero-order chi connectivity index (χ0) is 31.0. The Bertz CT molecular complexity index is 2400. The van der Waals surface area contributed by atoms with Crippen LogP contribution in [0.15, 0.2) is 161 Å². The van der Waals surface area contributed by atoms with Crippen molar-refractivity contribution in [2.24, 2.45) is 0 Å². The highest BCUT2D eigenvalue weighted by molar-refractivity contribution is 7.99. The minimum absolute atomic E-state index is 0.392. The number of hydrogen-bond donors (Lipinski definition) is 0. The lowest BCUT2D eigenvalue weighted by molar-refractivity contribution is 0.723. The van der Waals surface area contributed by atoms with E-state index in [2.05, 4.69) is 115 Å². The molecule has 5 heteroatoms. The first kappa shape index (κ1) is 26.8. The van der Waals surface area contributed by atoms with Gasteiger partial charge in [0.1, 0.15) is 0 Å². The third-order valence-electron chi connectivity index (χ3n) is 9.49. The molecule has 3 heterocycles. The van der Waals surface area contributed by atoms with Crippen LogP contribution in [-0.4, -0.2) is 15.0 Å². The Morgan fingerprint density at radius 2 is 0.957 bits per heavy atom. The maximum Gasteiger partial charge on any atom is 0.165 e. The molecule has 0 amide bonds. The molecule has 0 fully saturated rings. The summed E-state index contributed by atoms with van der Waals surface area (Å²) >= 11 is 3.66. The number of nitrogens with zero attached hydrogens (tertiary/aromatic N) is 3. The van der Waals surface area contributed by atoms with Gasteiger partial charge in [-0.15, -0.1) is 11.3 Å². The van der Waals surface area contributed by atoms with Crippen molar-refractivity contribution in [3.05, 3.63) is 173 Å². The summed E-state index contributed by atoms with van der Waals surface area (Å²) in [7, 11) is 0. The van der Waals surface area contributed by atoms with Crippen molar-refractivity contribution in [1.29, 1.82) is 0 Å². The van der Waals surface area contributed by atoms with Gasteiger partial charge in [0, 0.05) is 47.5 Å². The Morgan fingerprint density at radius 1 is 0.426 bits per heavy atom. The van der Waals surface area contributed by atoms with E-state index in [0.717, 1.165) is 22.1 Å². The molecular weight excluding hydrogens is 611 g/mol. The Balaban J connectivity index is 1.25. The quantitative estimate of drug-likeness (QED) is 0.194. The molecule has 1 aliphatic carbocycles. The second-order valence-electron chi connectivity index (χ2n) is 11.9. The molecule has 0 atom stereocenters. The van der Waals surface area contributed by atoms with E-state index in [4.69, 9.17) is 15.0 Å². The van der Waals surface area contributed by atoms with Crippen molar-refractivity contribution in [2.45, 2.75) is 15.2 Å². The van der Waals surface area contributed by atoms with E-state index < -0.39 is 5.41 Å². The summed E-state index contributed by atoms with van der Waals surface area (Å²) < 4.78 is 1.26. The summed E-state index contributed by atoms with van der Waals surface area (Å²) in [6.45, 7) is 0. The maximum absolute atomic E-state index is 5.08. The molecule has 2 aliphatic rings. The minimum Gasteiger partial charge on any atom is -0.208 e. The Kier molecular flexibility index (Phi) is 5.89. The summed E-state index contributed by atoms with van der Waals surface area (Å²) in [6, 6.07) is 51.9. The number of aromatic nitrogens is 3. The molecule has 6 aromatic carbocycles. The van der Waals surface area contributed by atoms with Crippen molar-refractivity contribution in [3.63, 3.8) is 0 Å². The topological polar surface area (TPSA) is 38.7 Å². The van der Waals surface area contributed by atoms with Gasteiger partial charge in [-0.05, 0) is 39.9 Å². The van der Waals surface area contributed by atoms with E-state index in [-0.39, 0.29) is 0 Å². The molecule has 0 saturated heterocycles. The Labute approximate surface area is 280 Å². The third kappa shape index (κ3) is 3.84. The number of benzene rings is 6. The first-order chi connectivity index (χ1) is 23.3. The highest BCUT2D eigenvalue weighted by atomic mass is 32.2. The van der Waals surface area contributed by atoms with E-state index in [1.165, 1.54) is 47.9 Å². The van der Waals surface area contributed by atoms with E-state index in [1.54, 1.807) is 11.3 Å². The fourth-order valence-electron chi connectivity index (χ4n) is 7.53. The van der Waals surface area contributed by atoms with Crippen LogP contribution in [0, 0.1) is 0 Å². The second kappa shape index (κ2) is 10.3. The van der Waals surface area contributed by atoms with Crippen molar-refractivity contribution in [2.75, 3.05) is 0 Å². The van der Waals surface area contributed by atoms with Crippen LogP contribution in [0.5, 0.6) is 0 Å². The van der Waals surface area contributed by atoms with Gasteiger partial charge in [0.2, 0.25) is 0 Å². The van der Waals surface area contributed by atoms with Crippen LogP contribution in [0.3, 0.4) is 0 Å². The summed E-state index contributed by atoms with van der Waals surface area (Å²) in [5.41, 5.74) is 10.6. The third-order valence-corrected chi connectivity index (χ3v) is 11.7. The van der Waals surface area contributed by atoms with Crippen LogP contribution in [0.2, 0.25) is 0 Å². The lowest BCUT2D eigenvalue weighted by Gasteiger charge is -2.39. The van der Waals surface area contributed by atoms with Crippen LogP contribution in [0.25, 0.3) is 55.4 Å². The smallest absolute Gasteiger partial charge is 0.165 e. The van der Waals surface area contributed by atoms with Crippen molar-refractivity contribution < 1.29 is 0 Å². The molecule has 0 bridgehead atoms. The molecule has 10 rings (SSSR count). The van der Waals surface area contributed by atoms with E-state index >= 15 is 0 Å². The van der Waals surface area contributed by atoms with Gasteiger partial charge in [-0.25, -0.2) is 15.0 Å². The number of fused-ring (bicyclic) bond motifs is 11. The Morgan fingerprint density at radius 3 is 1.60 bits per heavy atom. The first-order valence-corrected chi connectivity index (χ1v) is 17.4. The van der Waals surface area contributed by atoms with Crippen LogP contribution in [0.4, 0.5) is 0 Å². The molecule has 0 radical (unpaired) electrons. The van der Waals surface area contributed by atoms with Crippen molar-refractivity contribution >= 4 is 33.2 Å². The second-order valence-corrected chi connectivity index (χ2v) is 13.9. The van der Waals surface area contributed by atoms with Crippen LogP contribution in [-0.2, 0) is 5.41 Å². The maximum atomic E-state index is 5.08. The van der Waals surface area contributed by atoms with Gasteiger partial charge in [0.15, 0.2) is 17.5 Å². The minimum atomic E-state index is -0.392. The highest BCUT2D eigenvalue weighted by Gasteiger charge is 2.50. The molecule has 1 aliphatic heterocycles. The van der Waals surface area contributed by atoms with E-state index in [9.17, 15) is 0 Å². The molecule has 3 nitrogen and oxygen atoms in total. The molecule has 0 N–H and O–H groups in total. The zero-order valence-electron chi connectivity index (χ0n) is 25.1. The van der Waals surface area contributed by atoms with Gasteiger partial charge in [-0.3, -0.25) is 0 Å². The lowest BCUT2D eigenvalue weighted by atomic mass is 9.67. The summed E-state index contributed by atoms with van der Waals surface area (Å²) in [4.78, 5) is 17.7. The average molecular weight is 636 g/mol. The van der Waals surface area contributed by atoms with Crippen LogP contribution < -0.4 is 0 Å². The monoisotopic (exact) mass is 635 g/mol. The number of rotatable bonds is 3. The summed E-state index contributed by atoms with van der Waals surface area (Å²) in [6.07, 6.45) is 0. The molecule has 8 aromatic rings. The fraction of sp³-hybridized carbons (Fsp3) is 0.0238. The standard InChI is InChI=1S/C42H25N3S2/c1-3-13-26(14-4-1)39-43-40(27-15-5-2-6-16-27)45-41(44-39)30-25-46-38-28(30)23-24-34-37(38)29-17-7-8-18-31(29)42(34)32-19-9-11-21-35(32)47-36-22-12-10-20-33(36)42/h1-25H. The molecule has 0 saturated carbocycles. The van der Waals surface area contributed by atoms with Gasteiger partial charge in [0.05, 0.1) is 5.41 Å². The van der Waals surface area contributed by atoms with Gasteiger partial charge in [-0.1, -0.05) is 145 Å². The van der Waals surface area contributed by atoms with Crippen LogP contribution >= 0.6 is 23.1 Å². The molecule has 0 unspecified atom stereocenters. The molecule has 47 heavy (non-hydrogen) atoms. The molecule has 220 valence electrons. The van der Waals surface area contributed by atoms with E-state index in [1.807, 2.05) is 48.2 Å². The predicted molar refractivity (Wildman–Crippen MR) is 193 cm³/mol. The van der Waals surface area contributed by atoms with Gasteiger partial charge in [0.25, 0.3) is 0 Å². The SMILES string of the molecule is c1ccc(-c2nc(-c3ccccc3)nc(-c3csc4c5c(ccc34)C3(c4ccccc4Sc4ccccc43)c3ccccc3-5)n2)cc1. The molecular formula is C42H25N3S2. The predicted octanol–water partition coefficient (Wildman–Crippen LogP) is 10.9. The number of thiophene rings is 1. The summed E-state index contributed by atoms with van der Waals surface area (Å²) in [5, 5.41) is 3.40. The van der Waals surface area contributed by atoms with Crippen LogP contribution in [0.1, 0.15) is 22.3 Å². The fourth-order valence-corrected chi connectivity index (χ4v) is 9.83.